The number of hydrogen-bond acceptors (Lipinski definition) is 5. The number of nitrogens with zero attached hydrogens (tertiary/aromatic N) is 1. The molecule has 0 spiro atoms. The van der Waals surface area contributed by atoms with Crippen LogP contribution in [0.2, 0.25) is 0 Å². The van der Waals surface area contributed by atoms with Crippen LogP contribution in [0.5, 0.6) is 5.75 Å². The van der Waals surface area contributed by atoms with Gasteiger partial charge in [0.25, 0.3) is 0 Å². The summed E-state index contributed by atoms with van der Waals surface area (Å²) in [5.41, 5.74) is 3.14. The van der Waals surface area contributed by atoms with Crippen LogP contribution in [0, 0.1) is 12.8 Å². The van der Waals surface area contributed by atoms with Crippen molar-refractivity contribution >= 4 is 22.8 Å². The van der Waals surface area contributed by atoms with Crippen LogP contribution < -0.4 is 20.7 Å². The monoisotopic (exact) mass is 444 g/mol. The Morgan fingerprint density at radius 3 is 2.58 bits per heavy atom. The Kier molecular flexibility index (Phi) is 5.72. The molecule has 0 bridgehead atoms. The lowest BCUT2D eigenvalue weighted by Crippen LogP contribution is -2.64. The summed E-state index contributed by atoms with van der Waals surface area (Å²) in [6.07, 6.45) is 1.77. The number of aryl methyl sites for hydroxylation is 1. The highest BCUT2D eigenvalue weighted by Gasteiger charge is 2.50. The van der Waals surface area contributed by atoms with Gasteiger partial charge in [0.1, 0.15) is 12.4 Å². The number of piperidine rings is 1. The number of hydrogen-bond donors (Lipinski definition) is 3. The predicted molar refractivity (Wildman–Crippen MR) is 126 cm³/mol. The highest BCUT2D eigenvalue weighted by Crippen LogP contribution is 2.39. The molecule has 0 aliphatic carbocycles. The topological polar surface area (TPSA) is 92.4 Å². The molecule has 2 saturated heterocycles. The van der Waals surface area contributed by atoms with Gasteiger partial charge in [-0.1, -0.05) is 30.3 Å². The number of nitrogens with one attached hydrogen (secondary N) is 3. The summed E-state index contributed by atoms with van der Waals surface area (Å²) in [6, 6.07) is 17.4. The summed E-state index contributed by atoms with van der Waals surface area (Å²) in [5.74, 6) is 0.667. The van der Waals surface area contributed by atoms with Gasteiger partial charge in [-0.15, -0.1) is 0 Å². The van der Waals surface area contributed by atoms with Gasteiger partial charge in [-0.3, -0.25) is 15.1 Å². The summed E-state index contributed by atoms with van der Waals surface area (Å²) in [7, 11) is 0. The quantitative estimate of drug-likeness (QED) is 0.562. The molecule has 2 aliphatic rings. The molecule has 2 fully saturated rings. The highest BCUT2D eigenvalue weighted by molar-refractivity contribution is 6.03. The molecule has 7 heteroatoms. The van der Waals surface area contributed by atoms with Crippen molar-refractivity contribution in [2.75, 3.05) is 19.6 Å². The maximum Gasteiger partial charge on any atom is 0.321 e. The Bertz CT molecular complexity index is 1190. The summed E-state index contributed by atoms with van der Waals surface area (Å²) >= 11 is 0. The van der Waals surface area contributed by atoms with Crippen LogP contribution in [0.4, 0.5) is 4.79 Å². The molecule has 3 amide bonds. The summed E-state index contributed by atoms with van der Waals surface area (Å²) in [4.78, 5) is 29.5. The third kappa shape index (κ3) is 4.04. The second-order valence-electron chi connectivity index (χ2n) is 8.89. The normalized spacial score (nSPS) is 21.5. The summed E-state index contributed by atoms with van der Waals surface area (Å²) in [6.45, 7) is 4.46. The number of carbonyl (C=O) groups is 2. The minimum absolute atomic E-state index is 0.150. The van der Waals surface area contributed by atoms with Gasteiger partial charge >= 0.3 is 6.03 Å². The van der Waals surface area contributed by atoms with E-state index in [9.17, 15) is 9.59 Å². The zero-order valence-electron chi connectivity index (χ0n) is 18.7. The molecule has 7 nitrogen and oxygen atoms in total. The zero-order chi connectivity index (χ0) is 22.8. The van der Waals surface area contributed by atoms with Crippen molar-refractivity contribution in [1.29, 1.82) is 0 Å². The van der Waals surface area contributed by atoms with Crippen molar-refractivity contribution in [3.8, 4) is 5.75 Å². The van der Waals surface area contributed by atoms with Gasteiger partial charge in [-0.25, -0.2) is 4.79 Å². The third-order valence-electron chi connectivity index (χ3n) is 6.89. The lowest BCUT2D eigenvalue weighted by molar-refractivity contribution is -0.129. The highest BCUT2D eigenvalue weighted by atomic mass is 16.5. The Morgan fingerprint density at radius 1 is 1.06 bits per heavy atom. The van der Waals surface area contributed by atoms with Crippen LogP contribution in [-0.2, 0) is 16.8 Å². The van der Waals surface area contributed by atoms with E-state index < -0.39 is 11.4 Å². The van der Waals surface area contributed by atoms with Crippen molar-refractivity contribution in [2.45, 2.75) is 31.8 Å². The average Bonchev–Trinajstić information content (AvgIpc) is 2.84. The van der Waals surface area contributed by atoms with Crippen molar-refractivity contribution in [3.63, 3.8) is 0 Å². The fourth-order valence-corrected chi connectivity index (χ4v) is 5.20. The third-order valence-corrected chi connectivity index (χ3v) is 6.89. The number of pyridine rings is 1. The number of aromatic nitrogens is 1. The zero-order valence-corrected chi connectivity index (χ0v) is 18.7. The van der Waals surface area contributed by atoms with E-state index in [2.05, 4.69) is 33.1 Å². The molecule has 3 aromatic rings. The second-order valence-corrected chi connectivity index (χ2v) is 8.89. The van der Waals surface area contributed by atoms with Gasteiger partial charge in [0.15, 0.2) is 0 Å². The first-order chi connectivity index (χ1) is 16.1. The first-order valence-corrected chi connectivity index (χ1v) is 11.4. The van der Waals surface area contributed by atoms with E-state index in [1.807, 2.05) is 49.4 Å². The number of para-hydroxylation sites is 1. The average molecular weight is 445 g/mol. The number of carbonyl (C=O) groups excluding carboxylic acids is 2. The molecule has 3 N–H and O–H groups in total. The molecule has 1 atom stereocenters. The fourth-order valence-electron chi connectivity index (χ4n) is 5.20. The molecule has 1 aromatic heterocycles. The molecule has 5 rings (SSSR count). The molecule has 2 aliphatic heterocycles. The molecule has 0 radical (unpaired) electrons. The fraction of sp³-hybridized carbons (Fsp3) is 0.346. The minimum atomic E-state index is -0.771. The maximum absolute atomic E-state index is 13.1. The first kappa shape index (κ1) is 21.4. The van der Waals surface area contributed by atoms with Crippen LogP contribution in [0.1, 0.15) is 29.7 Å². The number of imide groups is 1. The largest absolute Gasteiger partial charge is 0.489 e. The standard InChI is InChI=1S/C26H28N4O3/c1-17-14-18(22-4-2-3-5-23(22)29-17)15-33-21-8-6-19(7-9-21)26(20-10-12-27-13-11-20)16-28-25(32)30-24(26)31/h2-9,14,20,27H,10-13,15-16H2,1H3,(H2,28,30,31,32). The van der Waals surface area contributed by atoms with E-state index >= 15 is 0 Å². The number of fused-ring (bicyclic) bond motifs is 1. The Balaban J connectivity index is 1.39. The van der Waals surface area contributed by atoms with E-state index in [-0.39, 0.29) is 11.8 Å². The van der Waals surface area contributed by atoms with Crippen molar-refractivity contribution in [1.82, 2.24) is 20.9 Å². The van der Waals surface area contributed by atoms with E-state index in [0.717, 1.165) is 59.4 Å². The van der Waals surface area contributed by atoms with Gasteiger partial charge in [-0.2, -0.15) is 0 Å². The molecule has 3 heterocycles. The van der Waals surface area contributed by atoms with E-state index in [1.54, 1.807) is 0 Å². The van der Waals surface area contributed by atoms with E-state index in [1.165, 1.54) is 0 Å². The smallest absolute Gasteiger partial charge is 0.321 e. The number of urea groups is 1. The van der Waals surface area contributed by atoms with Crippen LogP contribution >= 0.6 is 0 Å². The number of amides is 3. The van der Waals surface area contributed by atoms with Gasteiger partial charge < -0.3 is 15.4 Å². The van der Waals surface area contributed by atoms with Gasteiger partial charge in [0, 0.05) is 23.2 Å². The first-order valence-electron chi connectivity index (χ1n) is 11.4. The van der Waals surface area contributed by atoms with Crippen LogP contribution in [0.3, 0.4) is 0 Å². The van der Waals surface area contributed by atoms with E-state index in [0.29, 0.717) is 13.2 Å². The van der Waals surface area contributed by atoms with Gasteiger partial charge in [0.2, 0.25) is 5.91 Å². The second kappa shape index (κ2) is 8.83. The number of ether oxygens (including phenoxy) is 1. The molecule has 0 saturated carbocycles. The van der Waals surface area contributed by atoms with Crippen molar-refractivity contribution < 1.29 is 14.3 Å². The summed E-state index contributed by atoms with van der Waals surface area (Å²) < 4.78 is 6.11. The molecule has 33 heavy (non-hydrogen) atoms. The number of rotatable bonds is 5. The van der Waals surface area contributed by atoms with Gasteiger partial charge in [0.05, 0.1) is 10.9 Å². The Morgan fingerprint density at radius 2 is 1.82 bits per heavy atom. The SMILES string of the molecule is Cc1cc(COc2ccc(C3(C4CCNCC4)CNC(=O)NC3=O)cc2)c2ccccc2n1. The number of benzene rings is 2. The van der Waals surface area contributed by atoms with Crippen LogP contribution in [0.15, 0.2) is 54.6 Å². The predicted octanol–water partition coefficient (Wildman–Crippen LogP) is 3.20. The molecular formula is C26H28N4O3. The summed E-state index contributed by atoms with van der Waals surface area (Å²) in [5, 5.41) is 9.80. The molecule has 2 aromatic carbocycles. The van der Waals surface area contributed by atoms with Crippen LogP contribution in [0.25, 0.3) is 10.9 Å². The molecule has 1 unspecified atom stereocenters. The van der Waals surface area contributed by atoms with Gasteiger partial charge in [-0.05, 0) is 68.6 Å². The molecule has 170 valence electrons. The lowest BCUT2D eigenvalue weighted by Gasteiger charge is -2.44. The van der Waals surface area contributed by atoms with Crippen molar-refractivity contribution in [3.05, 3.63) is 71.4 Å². The van der Waals surface area contributed by atoms with E-state index in [4.69, 9.17) is 4.74 Å². The Hall–Kier alpha value is -3.45. The van der Waals surface area contributed by atoms with Crippen LogP contribution in [-0.4, -0.2) is 36.6 Å². The molecular weight excluding hydrogens is 416 g/mol. The lowest BCUT2D eigenvalue weighted by atomic mass is 9.65. The Labute approximate surface area is 192 Å². The van der Waals surface area contributed by atoms with Crippen molar-refractivity contribution in [2.24, 2.45) is 5.92 Å². The maximum atomic E-state index is 13.1. The minimum Gasteiger partial charge on any atom is -0.489 e.